The second-order valence-corrected chi connectivity index (χ2v) is 7.17. The molecule has 0 amide bonds. The predicted octanol–water partition coefficient (Wildman–Crippen LogP) is 2.17. The maximum atomic E-state index is 13.3. The van der Waals surface area contributed by atoms with Crippen molar-refractivity contribution in [3.63, 3.8) is 0 Å². The zero-order chi connectivity index (χ0) is 14.6. The summed E-state index contributed by atoms with van der Waals surface area (Å²) in [5.74, 6) is 0.608. The molecule has 1 atom stereocenters. The molecule has 5 heteroatoms. The van der Waals surface area contributed by atoms with Gasteiger partial charge in [0, 0.05) is 12.4 Å². The number of para-hydroxylation sites is 1. The Morgan fingerprint density at radius 1 is 0.952 bits per heavy atom. The summed E-state index contributed by atoms with van der Waals surface area (Å²) in [6.45, 7) is 3.88. The van der Waals surface area contributed by atoms with Gasteiger partial charge in [0.05, 0.1) is 19.8 Å². The van der Waals surface area contributed by atoms with Crippen LogP contribution < -0.4 is 15.3 Å². The number of hydrogen-bond donors (Lipinski definition) is 0. The lowest BCUT2D eigenvalue weighted by Gasteiger charge is -2.21. The largest absolute Gasteiger partial charge is 0.490 e. The molecule has 2 aromatic carbocycles. The van der Waals surface area contributed by atoms with Crippen molar-refractivity contribution in [1.29, 1.82) is 0 Å². The first-order valence-electron chi connectivity index (χ1n) is 6.55. The summed E-state index contributed by atoms with van der Waals surface area (Å²) in [4.78, 5) is 0. The molecule has 112 valence electrons. The lowest BCUT2D eigenvalue weighted by molar-refractivity contribution is 0.244. The topological polar surface area (TPSA) is 35.5 Å². The monoisotopic (exact) mass is 304 g/mol. The van der Waals surface area contributed by atoms with E-state index in [1.54, 1.807) is 6.07 Å². The van der Waals surface area contributed by atoms with Gasteiger partial charge in [-0.1, -0.05) is 30.3 Å². The highest BCUT2D eigenvalue weighted by molar-refractivity contribution is 7.74. The van der Waals surface area contributed by atoms with Crippen LogP contribution in [0.2, 0.25) is 0 Å². The minimum atomic E-state index is -3.12. The summed E-state index contributed by atoms with van der Waals surface area (Å²) in [5.41, 5.74) is 0. The van der Waals surface area contributed by atoms with Crippen molar-refractivity contribution >= 4 is 26.4 Å². The first-order chi connectivity index (χ1) is 9.58. The Balaban J connectivity index is 0.00000220. The number of hydrogen-bond acceptors (Lipinski definition) is 3. The highest BCUT2D eigenvalue weighted by Gasteiger charge is 2.30. The van der Waals surface area contributed by atoms with Crippen LogP contribution in [0, 0.1) is 0 Å². The van der Waals surface area contributed by atoms with Gasteiger partial charge in [-0.3, -0.25) is 4.57 Å². The van der Waals surface area contributed by atoms with E-state index in [0.717, 1.165) is 0 Å². The zero-order valence-corrected chi connectivity index (χ0v) is 12.8. The number of ether oxygens (including phenoxy) is 1. The lowest BCUT2D eigenvalue weighted by atomic mass is 10.3. The second kappa shape index (κ2) is 7.49. The molecule has 0 spiro atoms. The molecule has 21 heavy (non-hydrogen) atoms. The van der Waals surface area contributed by atoms with E-state index in [-0.39, 0.29) is 14.5 Å². The molecular weight excluding hydrogens is 282 g/mol. The van der Waals surface area contributed by atoms with E-state index < -0.39 is 7.37 Å². The van der Waals surface area contributed by atoms with Gasteiger partial charge in [-0.05, 0) is 38.1 Å². The third kappa shape index (κ3) is 3.78. The van der Waals surface area contributed by atoms with Crippen LogP contribution in [0.25, 0.3) is 0 Å². The first kappa shape index (κ1) is 17.5. The van der Waals surface area contributed by atoms with Crippen molar-refractivity contribution in [3.8, 4) is 5.75 Å². The molecule has 0 bridgehead atoms. The number of rotatable bonds is 5. The normalized spacial score (nSPS) is 13.3. The van der Waals surface area contributed by atoms with Crippen LogP contribution in [0.1, 0.15) is 13.8 Å². The van der Waals surface area contributed by atoms with E-state index in [0.29, 0.717) is 16.4 Å². The fourth-order valence-corrected chi connectivity index (χ4v) is 3.97. The predicted molar refractivity (Wildman–Crippen MR) is 92.5 cm³/mol. The highest BCUT2D eigenvalue weighted by atomic mass is 31.2. The minimum absolute atomic E-state index is 0. The maximum Gasteiger partial charge on any atom is 0.264 e. The summed E-state index contributed by atoms with van der Waals surface area (Å²) in [6, 6.07) is 16.6. The van der Waals surface area contributed by atoms with E-state index in [4.69, 9.17) is 9.26 Å². The van der Waals surface area contributed by atoms with Crippen LogP contribution in [0.3, 0.4) is 0 Å². The van der Waals surface area contributed by atoms with Gasteiger partial charge >= 0.3 is 0 Å². The van der Waals surface area contributed by atoms with Gasteiger partial charge in [0.25, 0.3) is 7.37 Å². The standard InChI is InChI=1S/C16H19O3P.BH3/c1-13(2)19-15-11-7-8-12-16(15)20(17,18-3)14-9-5-4-6-10-14;/h4-13H,1-3H3;1H3. The van der Waals surface area contributed by atoms with Crippen molar-refractivity contribution in [3.05, 3.63) is 54.6 Å². The van der Waals surface area contributed by atoms with Crippen LogP contribution in [-0.4, -0.2) is 21.6 Å². The highest BCUT2D eigenvalue weighted by Crippen LogP contribution is 2.46. The molecule has 0 radical (unpaired) electrons. The van der Waals surface area contributed by atoms with Gasteiger partial charge in [0.1, 0.15) is 5.75 Å². The summed E-state index contributed by atoms with van der Waals surface area (Å²) >= 11 is 0. The Kier molecular flexibility index (Phi) is 6.26. The van der Waals surface area contributed by atoms with Crippen molar-refractivity contribution < 1.29 is 13.8 Å². The van der Waals surface area contributed by atoms with Gasteiger partial charge in [-0.25, -0.2) is 0 Å². The zero-order valence-electron chi connectivity index (χ0n) is 11.9. The molecule has 0 heterocycles. The molecule has 1 unspecified atom stereocenters. The summed E-state index contributed by atoms with van der Waals surface area (Å²) < 4.78 is 24.5. The van der Waals surface area contributed by atoms with Gasteiger partial charge in [0.2, 0.25) is 0 Å². The molecule has 0 aromatic heterocycles. The van der Waals surface area contributed by atoms with Gasteiger partial charge < -0.3 is 9.26 Å². The van der Waals surface area contributed by atoms with E-state index in [9.17, 15) is 4.57 Å². The van der Waals surface area contributed by atoms with Crippen LogP contribution in [-0.2, 0) is 9.09 Å². The Morgan fingerprint density at radius 3 is 2.10 bits per heavy atom. The molecule has 0 aliphatic carbocycles. The van der Waals surface area contributed by atoms with Crippen LogP contribution >= 0.6 is 7.37 Å². The van der Waals surface area contributed by atoms with Crippen LogP contribution in [0.15, 0.2) is 54.6 Å². The Hall–Kier alpha value is -1.51. The fourth-order valence-electron chi connectivity index (χ4n) is 2.02. The molecule has 0 N–H and O–H groups in total. The molecule has 3 nitrogen and oxygen atoms in total. The van der Waals surface area contributed by atoms with Crippen LogP contribution in [0.5, 0.6) is 5.75 Å². The Morgan fingerprint density at radius 2 is 1.52 bits per heavy atom. The lowest BCUT2D eigenvalue weighted by Crippen LogP contribution is -2.21. The molecule has 2 aromatic rings. The van der Waals surface area contributed by atoms with E-state index in [2.05, 4.69) is 0 Å². The van der Waals surface area contributed by atoms with E-state index in [1.165, 1.54) is 7.11 Å². The second-order valence-electron chi connectivity index (χ2n) is 4.70. The first-order valence-corrected chi connectivity index (χ1v) is 8.18. The Labute approximate surface area is 128 Å². The van der Waals surface area contributed by atoms with Crippen molar-refractivity contribution in [2.24, 2.45) is 0 Å². The van der Waals surface area contributed by atoms with Gasteiger partial charge in [-0.2, -0.15) is 0 Å². The van der Waals surface area contributed by atoms with Gasteiger partial charge in [0.15, 0.2) is 0 Å². The molecule has 0 saturated heterocycles. The molecule has 0 aliphatic rings. The average Bonchev–Trinajstić information content (AvgIpc) is 2.47. The molecule has 0 aliphatic heterocycles. The van der Waals surface area contributed by atoms with E-state index in [1.807, 2.05) is 62.4 Å². The smallest absolute Gasteiger partial charge is 0.264 e. The fraction of sp³-hybridized carbons (Fsp3) is 0.250. The molecule has 0 saturated carbocycles. The minimum Gasteiger partial charge on any atom is -0.490 e. The molecule has 2 rings (SSSR count). The molecule has 0 fully saturated rings. The SMILES string of the molecule is B.COP(=O)(c1ccccc1)c1ccccc1OC(C)C. The van der Waals surface area contributed by atoms with Gasteiger partial charge in [-0.15, -0.1) is 0 Å². The average molecular weight is 304 g/mol. The Bertz CT molecular complexity index is 614. The van der Waals surface area contributed by atoms with Crippen molar-refractivity contribution in [2.45, 2.75) is 20.0 Å². The summed E-state index contributed by atoms with van der Waals surface area (Å²) in [7, 11) is -1.65. The third-order valence-corrected chi connectivity index (χ3v) is 5.39. The van der Waals surface area contributed by atoms with Crippen molar-refractivity contribution in [1.82, 2.24) is 0 Å². The summed E-state index contributed by atoms with van der Waals surface area (Å²) in [5, 5.41) is 1.27. The maximum absolute atomic E-state index is 13.3. The van der Waals surface area contributed by atoms with Crippen molar-refractivity contribution in [2.75, 3.05) is 7.11 Å². The quantitative estimate of drug-likeness (QED) is 0.627. The molecular formula is C16H22BO3P. The van der Waals surface area contributed by atoms with E-state index >= 15 is 0 Å². The third-order valence-electron chi connectivity index (χ3n) is 2.90. The van der Waals surface area contributed by atoms with Crippen LogP contribution in [0.4, 0.5) is 0 Å². The number of benzene rings is 2. The summed E-state index contributed by atoms with van der Waals surface area (Å²) in [6.07, 6.45) is 0.0113.